The Kier molecular flexibility index (Phi) is 3.59. The van der Waals surface area contributed by atoms with Gasteiger partial charge in [-0.2, -0.15) is 0 Å². The van der Waals surface area contributed by atoms with Gasteiger partial charge in [-0.1, -0.05) is 44.2 Å². The van der Waals surface area contributed by atoms with E-state index in [1.54, 1.807) is 0 Å². The van der Waals surface area contributed by atoms with Crippen molar-refractivity contribution < 1.29 is 13.6 Å². The molecule has 4 nitrogen and oxygen atoms in total. The average Bonchev–Trinajstić information content (AvgIpc) is 2.34. The first-order valence-corrected chi connectivity index (χ1v) is 7.50. The van der Waals surface area contributed by atoms with E-state index >= 15 is 0 Å². The zero-order valence-corrected chi connectivity index (χ0v) is 11.4. The van der Waals surface area contributed by atoms with E-state index in [4.69, 9.17) is 15.6 Å². The normalized spacial score (nSPS) is 30.6. The van der Waals surface area contributed by atoms with Crippen molar-refractivity contribution in [3.8, 4) is 0 Å². The van der Waals surface area contributed by atoms with Gasteiger partial charge in [0.05, 0.1) is 12.7 Å². The van der Waals surface area contributed by atoms with Gasteiger partial charge in [0, 0.05) is 5.41 Å². The number of benzene rings is 1. The van der Waals surface area contributed by atoms with Gasteiger partial charge >= 0.3 is 13.9 Å². The summed E-state index contributed by atoms with van der Waals surface area (Å²) < 4.78 is 23.2. The number of hydrogen-bond donors (Lipinski definition) is 0. The summed E-state index contributed by atoms with van der Waals surface area (Å²) in [7, 11) is -3.27. The summed E-state index contributed by atoms with van der Waals surface area (Å²) in [6.45, 7) is 11.2. The van der Waals surface area contributed by atoms with E-state index in [2.05, 4.69) is 4.85 Å². The Morgan fingerprint density at radius 2 is 2.11 bits per heavy atom. The topological polar surface area (TPSA) is 39.9 Å². The third-order valence-electron chi connectivity index (χ3n) is 2.96. The molecule has 0 bridgehead atoms. The van der Waals surface area contributed by atoms with Crippen LogP contribution in [0.25, 0.3) is 4.85 Å². The molecule has 0 saturated carbocycles. The Hall–Kier alpha value is -1.14. The van der Waals surface area contributed by atoms with Gasteiger partial charge in [-0.05, 0) is 5.56 Å². The maximum Gasteiger partial charge on any atom is 0.409 e. The third-order valence-corrected chi connectivity index (χ3v) is 4.50. The lowest BCUT2D eigenvalue weighted by Gasteiger charge is -2.40. The van der Waals surface area contributed by atoms with Gasteiger partial charge in [-0.3, -0.25) is 9.09 Å². The summed E-state index contributed by atoms with van der Waals surface area (Å²) in [6.07, 6.45) is -0.521. The summed E-state index contributed by atoms with van der Waals surface area (Å²) in [4.78, 5) is 3.14. The second kappa shape index (κ2) is 4.85. The Bertz CT molecular complexity index is 507. The highest BCUT2D eigenvalue weighted by Crippen LogP contribution is 2.60. The lowest BCUT2D eigenvalue weighted by molar-refractivity contribution is -0.0259. The molecule has 18 heavy (non-hydrogen) atoms. The molecule has 1 heterocycles. The van der Waals surface area contributed by atoms with Gasteiger partial charge < -0.3 is 9.37 Å². The maximum absolute atomic E-state index is 12.2. The van der Waals surface area contributed by atoms with Crippen molar-refractivity contribution in [2.75, 3.05) is 12.9 Å². The average molecular weight is 265 g/mol. The molecule has 2 atom stereocenters. The van der Waals surface area contributed by atoms with Gasteiger partial charge in [0.1, 0.15) is 0 Å². The lowest BCUT2D eigenvalue weighted by atomic mass is 9.83. The zero-order chi connectivity index (χ0) is 13.2. The molecule has 0 aliphatic carbocycles. The van der Waals surface area contributed by atoms with Gasteiger partial charge in [-0.15, -0.1) is 0 Å². The Morgan fingerprint density at radius 3 is 2.72 bits per heavy atom. The van der Waals surface area contributed by atoms with Gasteiger partial charge in [0.2, 0.25) is 0 Å². The van der Waals surface area contributed by atoms with E-state index in [1.165, 1.54) is 0 Å². The van der Waals surface area contributed by atoms with Crippen LogP contribution in [0.4, 0.5) is 0 Å². The molecule has 1 fully saturated rings. The quantitative estimate of drug-likeness (QED) is 0.602. The Balaban J connectivity index is 2.31. The second-order valence-corrected chi connectivity index (χ2v) is 7.04. The minimum atomic E-state index is -3.27. The van der Waals surface area contributed by atoms with Crippen molar-refractivity contribution in [3.05, 3.63) is 47.3 Å². The van der Waals surface area contributed by atoms with Crippen LogP contribution in [0.15, 0.2) is 30.3 Å². The lowest BCUT2D eigenvalue weighted by Crippen LogP contribution is -2.33. The van der Waals surface area contributed by atoms with Crippen LogP contribution in [0, 0.1) is 12.0 Å². The number of rotatable bonds is 2. The molecule has 0 N–H and O–H groups in total. The number of nitrogens with zero attached hydrogens (tertiary/aromatic N) is 1. The fourth-order valence-corrected chi connectivity index (χ4v) is 3.61. The zero-order valence-electron chi connectivity index (χ0n) is 10.5. The predicted molar refractivity (Wildman–Crippen MR) is 69.1 cm³/mol. The Labute approximate surface area is 107 Å². The molecular weight excluding hydrogens is 249 g/mol. The van der Waals surface area contributed by atoms with Crippen LogP contribution in [0.5, 0.6) is 0 Å². The van der Waals surface area contributed by atoms with E-state index in [1.807, 2.05) is 44.2 Å². The van der Waals surface area contributed by atoms with Crippen LogP contribution in [0.2, 0.25) is 0 Å². The Morgan fingerprint density at radius 1 is 1.44 bits per heavy atom. The molecule has 0 unspecified atom stereocenters. The molecule has 2 rings (SSSR count). The monoisotopic (exact) mass is 265 g/mol. The van der Waals surface area contributed by atoms with E-state index in [9.17, 15) is 4.57 Å². The first-order chi connectivity index (χ1) is 8.47. The molecule has 96 valence electrons. The molecule has 1 aliphatic rings. The summed E-state index contributed by atoms with van der Waals surface area (Å²) in [5.41, 5.74) is 0.702. The van der Waals surface area contributed by atoms with Gasteiger partial charge in [0.15, 0.2) is 0 Å². The summed E-state index contributed by atoms with van der Waals surface area (Å²) in [5, 5.41) is 0. The van der Waals surface area contributed by atoms with Crippen LogP contribution in [0.3, 0.4) is 0 Å². The fraction of sp³-hybridized carbons (Fsp3) is 0.462. The maximum atomic E-state index is 12.2. The minimum absolute atomic E-state index is 0.216. The van der Waals surface area contributed by atoms with Crippen LogP contribution in [0.1, 0.15) is 25.5 Å². The van der Waals surface area contributed by atoms with E-state index < -0.39 is 7.60 Å². The van der Waals surface area contributed by atoms with Crippen LogP contribution in [-0.4, -0.2) is 12.9 Å². The highest BCUT2D eigenvalue weighted by Gasteiger charge is 2.46. The minimum Gasteiger partial charge on any atom is -0.303 e. The van der Waals surface area contributed by atoms with E-state index in [-0.39, 0.29) is 17.8 Å². The first-order valence-electron chi connectivity index (χ1n) is 5.77. The van der Waals surface area contributed by atoms with Crippen LogP contribution in [-0.2, 0) is 13.6 Å². The van der Waals surface area contributed by atoms with Gasteiger partial charge in [0.25, 0.3) is 0 Å². The van der Waals surface area contributed by atoms with Crippen LogP contribution < -0.4 is 0 Å². The van der Waals surface area contributed by atoms with Crippen LogP contribution >= 0.6 is 7.60 Å². The molecular formula is C13H16NO3P. The standard InChI is InChI=1S/C13H16NO3P/c1-13(2)9-16-18(15,10-14-3)17-12(13)11-7-5-4-6-8-11/h4-8,12H,9-10H2,1-2H3/t12-,18+/m0/s1. The summed E-state index contributed by atoms with van der Waals surface area (Å²) in [6, 6.07) is 9.66. The van der Waals surface area contributed by atoms with Crippen molar-refractivity contribution in [1.82, 2.24) is 0 Å². The van der Waals surface area contributed by atoms with Crippen molar-refractivity contribution in [2.24, 2.45) is 5.41 Å². The summed E-state index contributed by atoms with van der Waals surface area (Å²) >= 11 is 0. The van der Waals surface area contributed by atoms with Crippen molar-refractivity contribution in [3.63, 3.8) is 0 Å². The smallest absolute Gasteiger partial charge is 0.303 e. The molecule has 0 spiro atoms. The molecule has 0 amide bonds. The first kappa shape index (κ1) is 13.3. The SMILES string of the molecule is [C-]#[N+]C[P@@]1(=O)OCC(C)(C)[C@H](c2ccccc2)O1. The molecule has 1 aromatic rings. The van der Waals surface area contributed by atoms with E-state index in [0.717, 1.165) is 5.56 Å². The fourth-order valence-electron chi connectivity index (χ4n) is 1.97. The predicted octanol–water partition coefficient (Wildman–Crippen LogP) is 3.87. The molecule has 1 aliphatic heterocycles. The molecule has 1 saturated heterocycles. The molecule has 1 aromatic carbocycles. The largest absolute Gasteiger partial charge is 0.409 e. The number of hydrogen-bond acceptors (Lipinski definition) is 3. The highest BCUT2D eigenvalue weighted by molar-refractivity contribution is 7.54. The van der Waals surface area contributed by atoms with Crippen molar-refractivity contribution in [2.45, 2.75) is 20.0 Å². The van der Waals surface area contributed by atoms with Gasteiger partial charge in [-0.25, -0.2) is 6.57 Å². The molecule has 0 aromatic heterocycles. The van der Waals surface area contributed by atoms with E-state index in [0.29, 0.717) is 6.61 Å². The molecule has 5 heteroatoms. The molecule has 0 radical (unpaired) electrons. The van der Waals surface area contributed by atoms with Crippen molar-refractivity contribution in [1.29, 1.82) is 0 Å². The summed E-state index contributed by atoms with van der Waals surface area (Å²) in [5.74, 6) is 0. The third kappa shape index (κ3) is 2.64. The highest BCUT2D eigenvalue weighted by atomic mass is 31.2. The van der Waals surface area contributed by atoms with Crippen molar-refractivity contribution >= 4 is 7.60 Å². The second-order valence-electron chi connectivity index (χ2n) is 5.07.